The lowest BCUT2D eigenvalue weighted by molar-refractivity contribution is -0.145. The van der Waals surface area contributed by atoms with Crippen LogP contribution in [0.3, 0.4) is 0 Å². The van der Waals surface area contributed by atoms with E-state index in [0.717, 1.165) is 36.6 Å². The van der Waals surface area contributed by atoms with Crippen LogP contribution in [0.25, 0.3) is 0 Å². The molecule has 2 atom stereocenters. The number of carbonyl (C=O) groups excluding carboxylic acids is 1. The Balaban J connectivity index is 2.17. The Morgan fingerprint density at radius 2 is 2.17 bits per heavy atom. The van der Waals surface area contributed by atoms with Crippen molar-refractivity contribution in [3.05, 3.63) is 23.3 Å². The molecule has 1 aliphatic heterocycles. The molecule has 0 amide bonds. The van der Waals surface area contributed by atoms with Crippen LogP contribution in [-0.4, -0.2) is 43.8 Å². The second kappa shape index (κ2) is 8.38. The predicted molar refractivity (Wildman–Crippen MR) is 93.5 cm³/mol. The second-order valence-corrected chi connectivity index (χ2v) is 6.39. The number of rotatable bonds is 8. The van der Waals surface area contributed by atoms with Gasteiger partial charge in [0.2, 0.25) is 0 Å². The van der Waals surface area contributed by atoms with Crippen LogP contribution >= 0.6 is 0 Å². The van der Waals surface area contributed by atoms with Crippen LogP contribution < -0.4 is 9.47 Å². The van der Waals surface area contributed by atoms with Gasteiger partial charge in [-0.2, -0.15) is 0 Å². The lowest BCUT2D eigenvalue weighted by Crippen LogP contribution is -2.32. The minimum absolute atomic E-state index is 0.156. The largest absolute Gasteiger partial charge is 0.494 e. The van der Waals surface area contributed by atoms with Gasteiger partial charge in [-0.05, 0) is 32.5 Å². The minimum atomic E-state index is -0.176. The number of nitrogens with zero attached hydrogens (tertiary/aromatic N) is 1. The number of hydrogen-bond acceptors (Lipinski definition) is 5. The van der Waals surface area contributed by atoms with Crippen LogP contribution in [0.1, 0.15) is 38.8 Å². The fraction of sp³-hybridized carbons (Fsp3) is 0.632. The highest BCUT2D eigenvalue weighted by Gasteiger charge is 2.23. The van der Waals surface area contributed by atoms with Crippen molar-refractivity contribution in [1.29, 1.82) is 0 Å². The molecule has 0 aromatic heterocycles. The van der Waals surface area contributed by atoms with Crippen molar-refractivity contribution in [2.75, 3.05) is 26.8 Å². The summed E-state index contributed by atoms with van der Waals surface area (Å²) < 4.78 is 16.6. The average molecular weight is 335 g/mol. The summed E-state index contributed by atoms with van der Waals surface area (Å²) in [7, 11) is 1.43. The summed E-state index contributed by atoms with van der Waals surface area (Å²) in [5.74, 6) is 1.54. The molecule has 5 heteroatoms. The van der Waals surface area contributed by atoms with Gasteiger partial charge in [0.15, 0.2) is 0 Å². The van der Waals surface area contributed by atoms with Gasteiger partial charge in [-0.15, -0.1) is 0 Å². The normalized spacial score (nSPS) is 17.3. The van der Waals surface area contributed by atoms with Gasteiger partial charge >= 0.3 is 5.97 Å². The van der Waals surface area contributed by atoms with Crippen LogP contribution in [0.4, 0.5) is 0 Å². The molecule has 2 rings (SSSR count). The lowest BCUT2D eigenvalue weighted by atomic mass is 10.1. The molecular formula is C19H29NO4. The van der Waals surface area contributed by atoms with Crippen molar-refractivity contribution >= 4 is 5.97 Å². The second-order valence-electron chi connectivity index (χ2n) is 6.39. The highest BCUT2D eigenvalue weighted by Crippen LogP contribution is 2.35. The van der Waals surface area contributed by atoms with Gasteiger partial charge < -0.3 is 14.2 Å². The SMILES string of the molecule is CCOc1cc2c(cc1CN(CC)CC(C)C(=O)OC)OC(C)C2. The fourth-order valence-corrected chi connectivity index (χ4v) is 3.10. The standard InChI is InChI=1S/C19H29NO4/c1-6-20(11-13(3)19(21)22-5)12-16-10-18-15(8-14(4)24-18)9-17(16)23-7-2/h9-10,13-14H,6-8,11-12H2,1-5H3. The first-order valence-corrected chi connectivity index (χ1v) is 8.73. The quantitative estimate of drug-likeness (QED) is 0.684. The van der Waals surface area contributed by atoms with E-state index in [2.05, 4.69) is 30.9 Å². The van der Waals surface area contributed by atoms with Crippen molar-refractivity contribution in [2.24, 2.45) is 5.92 Å². The molecule has 5 nitrogen and oxygen atoms in total. The van der Waals surface area contributed by atoms with Gasteiger partial charge in [-0.25, -0.2) is 0 Å². The Hall–Kier alpha value is -1.75. The van der Waals surface area contributed by atoms with Crippen molar-refractivity contribution in [2.45, 2.75) is 46.8 Å². The van der Waals surface area contributed by atoms with Crippen LogP contribution in [0.2, 0.25) is 0 Å². The number of esters is 1. The van der Waals surface area contributed by atoms with E-state index in [1.807, 2.05) is 13.8 Å². The molecular weight excluding hydrogens is 306 g/mol. The molecule has 0 spiro atoms. The van der Waals surface area contributed by atoms with E-state index in [9.17, 15) is 4.79 Å². The zero-order valence-electron chi connectivity index (χ0n) is 15.4. The molecule has 1 aliphatic rings. The summed E-state index contributed by atoms with van der Waals surface area (Å²) in [5.41, 5.74) is 2.31. The Labute approximate surface area is 144 Å². The van der Waals surface area contributed by atoms with Crippen molar-refractivity contribution in [3.8, 4) is 11.5 Å². The molecule has 0 bridgehead atoms. The number of fused-ring (bicyclic) bond motifs is 1. The van der Waals surface area contributed by atoms with Crippen molar-refractivity contribution in [3.63, 3.8) is 0 Å². The van der Waals surface area contributed by atoms with Gasteiger partial charge in [-0.3, -0.25) is 9.69 Å². The molecule has 0 N–H and O–H groups in total. The molecule has 0 saturated carbocycles. The molecule has 2 unspecified atom stereocenters. The fourth-order valence-electron chi connectivity index (χ4n) is 3.10. The maximum Gasteiger partial charge on any atom is 0.309 e. The van der Waals surface area contributed by atoms with Crippen LogP contribution in [-0.2, 0) is 22.5 Å². The van der Waals surface area contributed by atoms with E-state index in [1.165, 1.54) is 12.7 Å². The zero-order chi connectivity index (χ0) is 17.7. The molecule has 1 aromatic carbocycles. The summed E-state index contributed by atoms with van der Waals surface area (Å²) in [6, 6.07) is 4.20. The minimum Gasteiger partial charge on any atom is -0.494 e. The van der Waals surface area contributed by atoms with Gasteiger partial charge in [0.05, 0.1) is 19.6 Å². The van der Waals surface area contributed by atoms with Gasteiger partial charge in [0.1, 0.15) is 17.6 Å². The third-order valence-electron chi connectivity index (χ3n) is 4.36. The molecule has 134 valence electrons. The summed E-state index contributed by atoms with van der Waals surface area (Å²) in [5, 5.41) is 0. The average Bonchev–Trinajstić information content (AvgIpc) is 2.92. The number of ether oxygens (including phenoxy) is 3. The maximum absolute atomic E-state index is 11.7. The lowest BCUT2D eigenvalue weighted by Gasteiger charge is -2.24. The first-order valence-electron chi connectivity index (χ1n) is 8.73. The third kappa shape index (κ3) is 4.41. The molecule has 0 saturated heterocycles. The molecule has 1 aromatic rings. The number of carbonyl (C=O) groups is 1. The van der Waals surface area contributed by atoms with E-state index in [4.69, 9.17) is 14.2 Å². The van der Waals surface area contributed by atoms with Crippen molar-refractivity contribution < 1.29 is 19.0 Å². The smallest absolute Gasteiger partial charge is 0.309 e. The Morgan fingerprint density at radius 3 is 2.79 bits per heavy atom. The number of benzene rings is 1. The highest BCUT2D eigenvalue weighted by atomic mass is 16.5. The zero-order valence-corrected chi connectivity index (χ0v) is 15.4. The molecule has 24 heavy (non-hydrogen) atoms. The highest BCUT2D eigenvalue weighted by molar-refractivity contribution is 5.72. The molecule has 0 fully saturated rings. The van der Waals surface area contributed by atoms with E-state index < -0.39 is 0 Å². The molecule has 1 heterocycles. The van der Waals surface area contributed by atoms with Crippen LogP contribution in [0, 0.1) is 5.92 Å². The van der Waals surface area contributed by atoms with Crippen LogP contribution in [0.5, 0.6) is 11.5 Å². The van der Waals surface area contributed by atoms with E-state index in [0.29, 0.717) is 13.2 Å². The Kier molecular flexibility index (Phi) is 6.49. The summed E-state index contributed by atoms with van der Waals surface area (Å²) >= 11 is 0. The number of methoxy groups -OCH3 is 1. The van der Waals surface area contributed by atoms with Crippen molar-refractivity contribution in [1.82, 2.24) is 4.90 Å². The Bertz CT molecular complexity index is 573. The Morgan fingerprint density at radius 1 is 1.42 bits per heavy atom. The molecule has 0 aliphatic carbocycles. The topological polar surface area (TPSA) is 48.0 Å². The summed E-state index contributed by atoms with van der Waals surface area (Å²) in [6.07, 6.45) is 1.14. The summed E-state index contributed by atoms with van der Waals surface area (Å²) in [6.45, 7) is 10.9. The maximum atomic E-state index is 11.7. The first-order chi connectivity index (χ1) is 11.5. The van der Waals surface area contributed by atoms with Gasteiger partial charge in [0.25, 0.3) is 0 Å². The van der Waals surface area contributed by atoms with Gasteiger partial charge in [0, 0.05) is 30.6 Å². The van der Waals surface area contributed by atoms with Gasteiger partial charge in [-0.1, -0.05) is 13.8 Å². The predicted octanol–water partition coefficient (Wildman–Crippen LogP) is 3.04. The summed E-state index contributed by atoms with van der Waals surface area (Å²) in [4.78, 5) is 13.9. The first kappa shape index (κ1) is 18.6. The monoisotopic (exact) mass is 335 g/mol. The number of hydrogen-bond donors (Lipinski definition) is 0. The van der Waals surface area contributed by atoms with E-state index in [1.54, 1.807) is 0 Å². The van der Waals surface area contributed by atoms with E-state index >= 15 is 0 Å². The molecule has 0 radical (unpaired) electrons. The van der Waals surface area contributed by atoms with Crippen LogP contribution in [0.15, 0.2) is 12.1 Å². The van der Waals surface area contributed by atoms with E-state index in [-0.39, 0.29) is 18.0 Å². The third-order valence-corrected chi connectivity index (χ3v) is 4.36.